The molecule has 1 saturated heterocycles. The number of Topliss-reactive ketones (excluding diaryl/α,β-unsaturated/α-hetero) is 1. The minimum atomic E-state index is -0.402. The lowest BCUT2D eigenvalue weighted by atomic mass is 9.95. The molecule has 0 saturated carbocycles. The number of carbonyl (C=O) groups is 2. The van der Waals surface area contributed by atoms with Crippen molar-refractivity contribution in [3.05, 3.63) is 85.1 Å². The summed E-state index contributed by atoms with van der Waals surface area (Å²) in [4.78, 5) is 36.4. The van der Waals surface area contributed by atoms with Gasteiger partial charge in [0.05, 0.1) is 35.4 Å². The van der Waals surface area contributed by atoms with E-state index < -0.39 is 5.92 Å². The standard InChI is InChI=1S/C26H22N4O2/c31-22-14-19(16-30(17-22)21-9-2-1-3-10-21)26(32)28-20-8-6-7-18(13-20)25-15-27-23-11-4-5-12-24(23)29-25/h1-13,15,19H,14,16-17H2,(H,28,32). The van der Waals surface area contributed by atoms with Crippen LogP contribution in [0.3, 0.4) is 0 Å². The fraction of sp³-hybridized carbons (Fsp3) is 0.154. The molecule has 1 fully saturated rings. The van der Waals surface area contributed by atoms with Gasteiger partial charge < -0.3 is 10.2 Å². The van der Waals surface area contributed by atoms with E-state index in [0.29, 0.717) is 18.8 Å². The number of rotatable bonds is 4. The summed E-state index contributed by atoms with van der Waals surface area (Å²) in [5.41, 5.74) is 4.89. The lowest BCUT2D eigenvalue weighted by Crippen LogP contribution is -2.45. The van der Waals surface area contributed by atoms with Gasteiger partial charge in [0.25, 0.3) is 0 Å². The van der Waals surface area contributed by atoms with Crippen LogP contribution < -0.4 is 10.2 Å². The molecule has 1 aliphatic rings. The molecule has 1 N–H and O–H groups in total. The van der Waals surface area contributed by atoms with Crippen LogP contribution in [0.4, 0.5) is 11.4 Å². The highest BCUT2D eigenvalue weighted by atomic mass is 16.2. The van der Waals surface area contributed by atoms with Gasteiger partial charge in [-0.05, 0) is 36.4 Å². The molecule has 4 aromatic rings. The zero-order valence-electron chi connectivity index (χ0n) is 17.4. The first kappa shape index (κ1) is 19.9. The molecular weight excluding hydrogens is 400 g/mol. The number of piperidine rings is 1. The summed E-state index contributed by atoms with van der Waals surface area (Å²) in [7, 11) is 0. The molecular formula is C26H22N4O2. The molecule has 0 aliphatic carbocycles. The van der Waals surface area contributed by atoms with Gasteiger partial charge in [-0.3, -0.25) is 14.6 Å². The van der Waals surface area contributed by atoms with Crippen molar-refractivity contribution in [2.24, 2.45) is 5.92 Å². The van der Waals surface area contributed by atoms with Crippen molar-refractivity contribution >= 4 is 34.1 Å². The number of anilines is 2. The van der Waals surface area contributed by atoms with Crippen molar-refractivity contribution in [1.82, 2.24) is 9.97 Å². The summed E-state index contributed by atoms with van der Waals surface area (Å²) >= 11 is 0. The smallest absolute Gasteiger partial charge is 0.229 e. The molecule has 1 aromatic heterocycles. The molecule has 1 aliphatic heterocycles. The normalized spacial score (nSPS) is 16.2. The molecule has 5 rings (SSSR count). The van der Waals surface area contributed by atoms with Crippen LogP contribution in [0.25, 0.3) is 22.3 Å². The van der Waals surface area contributed by atoms with E-state index in [-0.39, 0.29) is 18.1 Å². The molecule has 2 heterocycles. The number of benzene rings is 3. The molecule has 6 heteroatoms. The highest BCUT2D eigenvalue weighted by Gasteiger charge is 2.30. The lowest BCUT2D eigenvalue weighted by Gasteiger charge is -2.32. The van der Waals surface area contributed by atoms with Crippen LogP contribution in [0.15, 0.2) is 85.1 Å². The fourth-order valence-electron chi connectivity index (χ4n) is 4.06. The monoisotopic (exact) mass is 422 g/mol. The number of nitrogens with zero attached hydrogens (tertiary/aromatic N) is 3. The van der Waals surface area contributed by atoms with Crippen LogP contribution in [0.2, 0.25) is 0 Å². The zero-order valence-corrected chi connectivity index (χ0v) is 17.4. The van der Waals surface area contributed by atoms with Gasteiger partial charge in [0.15, 0.2) is 5.78 Å². The van der Waals surface area contributed by atoms with Crippen LogP contribution in [-0.4, -0.2) is 34.7 Å². The predicted octanol–water partition coefficient (Wildman–Crippen LogP) is 4.33. The molecule has 1 amide bonds. The Morgan fingerprint density at radius 2 is 1.72 bits per heavy atom. The number of amides is 1. The van der Waals surface area contributed by atoms with Gasteiger partial charge >= 0.3 is 0 Å². The first-order chi connectivity index (χ1) is 15.7. The van der Waals surface area contributed by atoms with Gasteiger partial charge in [-0.1, -0.05) is 42.5 Å². The van der Waals surface area contributed by atoms with E-state index in [2.05, 4.69) is 15.3 Å². The Morgan fingerprint density at radius 1 is 0.938 bits per heavy atom. The molecule has 158 valence electrons. The highest BCUT2D eigenvalue weighted by molar-refractivity contribution is 5.98. The van der Waals surface area contributed by atoms with E-state index in [4.69, 9.17) is 0 Å². The minimum absolute atomic E-state index is 0.0699. The molecule has 0 bridgehead atoms. The number of nitrogens with one attached hydrogen (secondary N) is 1. The maximum absolute atomic E-state index is 13.0. The average Bonchev–Trinajstić information content (AvgIpc) is 2.84. The summed E-state index contributed by atoms with van der Waals surface area (Å²) in [6.45, 7) is 0.849. The van der Waals surface area contributed by atoms with Gasteiger partial charge in [-0.25, -0.2) is 4.98 Å². The highest BCUT2D eigenvalue weighted by Crippen LogP contribution is 2.25. The van der Waals surface area contributed by atoms with Crippen molar-refractivity contribution < 1.29 is 9.59 Å². The number of hydrogen-bond acceptors (Lipinski definition) is 5. The minimum Gasteiger partial charge on any atom is -0.363 e. The number of hydrogen-bond donors (Lipinski definition) is 1. The lowest BCUT2D eigenvalue weighted by molar-refractivity contribution is -0.126. The second kappa shape index (κ2) is 8.59. The van der Waals surface area contributed by atoms with Crippen LogP contribution in [0.1, 0.15) is 6.42 Å². The summed E-state index contributed by atoms with van der Waals surface area (Å²) in [6, 6.07) is 25.0. The Kier molecular flexibility index (Phi) is 5.34. The number of ketones is 1. The quantitative estimate of drug-likeness (QED) is 0.530. The number of fused-ring (bicyclic) bond motifs is 1. The largest absolute Gasteiger partial charge is 0.363 e. The molecule has 3 aromatic carbocycles. The number of aromatic nitrogens is 2. The van der Waals surface area contributed by atoms with Gasteiger partial charge in [-0.15, -0.1) is 0 Å². The third-order valence-electron chi connectivity index (χ3n) is 5.65. The van der Waals surface area contributed by atoms with E-state index in [1.165, 1.54) is 0 Å². The molecule has 1 unspecified atom stereocenters. The van der Waals surface area contributed by atoms with Crippen LogP contribution in [0, 0.1) is 5.92 Å². The molecule has 0 radical (unpaired) electrons. The maximum atomic E-state index is 13.0. The van der Waals surface area contributed by atoms with E-state index in [0.717, 1.165) is 28.0 Å². The third kappa shape index (κ3) is 4.21. The molecule has 0 spiro atoms. The second-order valence-electron chi connectivity index (χ2n) is 7.97. The topological polar surface area (TPSA) is 75.2 Å². The van der Waals surface area contributed by atoms with Crippen LogP contribution in [0.5, 0.6) is 0 Å². The van der Waals surface area contributed by atoms with E-state index in [1.807, 2.05) is 83.8 Å². The van der Waals surface area contributed by atoms with Gasteiger partial charge in [-0.2, -0.15) is 0 Å². The number of para-hydroxylation sites is 3. The van der Waals surface area contributed by atoms with E-state index >= 15 is 0 Å². The summed E-state index contributed by atoms with van der Waals surface area (Å²) in [5.74, 6) is -0.484. The van der Waals surface area contributed by atoms with Crippen molar-refractivity contribution in [2.45, 2.75) is 6.42 Å². The Balaban J connectivity index is 1.33. The Labute approximate surface area is 185 Å². The summed E-state index contributed by atoms with van der Waals surface area (Å²) in [5, 5.41) is 2.99. The van der Waals surface area contributed by atoms with Crippen LogP contribution >= 0.6 is 0 Å². The summed E-state index contributed by atoms with van der Waals surface area (Å²) < 4.78 is 0. The van der Waals surface area contributed by atoms with Crippen LogP contribution in [-0.2, 0) is 9.59 Å². The summed E-state index contributed by atoms with van der Waals surface area (Å²) in [6.07, 6.45) is 1.99. The average molecular weight is 422 g/mol. The Hall–Kier alpha value is -4.06. The van der Waals surface area contributed by atoms with Gasteiger partial charge in [0.2, 0.25) is 5.91 Å². The maximum Gasteiger partial charge on any atom is 0.229 e. The fourth-order valence-corrected chi connectivity index (χ4v) is 4.06. The SMILES string of the molecule is O=C1CC(C(=O)Nc2cccc(-c3cnc4ccccc4n3)c2)CN(c2ccccc2)C1. The number of carbonyl (C=O) groups excluding carboxylic acids is 2. The van der Waals surface area contributed by atoms with Crippen molar-refractivity contribution in [3.63, 3.8) is 0 Å². The van der Waals surface area contributed by atoms with Gasteiger partial charge in [0, 0.05) is 29.9 Å². The van der Waals surface area contributed by atoms with E-state index in [1.54, 1.807) is 6.20 Å². The molecule has 1 atom stereocenters. The Morgan fingerprint density at radius 3 is 2.56 bits per heavy atom. The van der Waals surface area contributed by atoms with Gasteiger partial charge in [0.1, 0.15) is 0 Å². The van der Waals surface area contributed by atoms with E-state index in [9.17, 15) is 9.59 Å². The molecule has 6 nitrogen and oxygen atoms in total. The first-order valence-corrected chi connectivity index (χ1v) is 10.6. The van der Waals surface area contributed by atoms with Crippen molar-refractivity contribution in [2.75, 3.05) is 23.3 Å². The predicted molar refractivity (Wildman–Crippen MR) is 125 cm³/mol. The van der Waals surface area contributed by atoms with Crippen molar-refractivity contribution in [1.29, 1.82) is 0 Å². The Bertz CT molecular complexity index is 1290. The first-order valence-electron chi connectivity index (χ1n) is 10.6. The molecule has 32 heavy (non-hydrogen) atoms. The second-order valence-corrected chi connectivity index (χ2v) is 7.97. The van der Waals surface area contributed by atoms with Crippen molar-refractivity contribution in [3.8, 4) is 11.3 Å². The zero-order chi connectivity index (χ0) is 21.9. The third-order valence-corrected chi connectivity index (χ3v) is 5.65.